The summed E-state index contributed by atoms with van der Waals surface area (Å²) in [5.41, 5.74) is 16.2. The Bertz CT molecular complexity index is 1780. The molecule has 1 atom stereocenters. The fourth-order valence-corrected chi connectivity index (χ4v) is 16.8. The standard InChI is InChI=1S/C21H25.C13H13.C9H10.2ClH.Zr/c1-20(2,3)16-7-9-18-14(12-16)11-15-13-17(21(4,5)6)8-10-19(15)18;1-10-8-11(2)13(9-10)12-6-4-3-5-7-12;1-3-9-6-4-8(2)5-7-9;;;/h7-13H,1-6H3;3-7,9-10H,1-2H3;4-7H,1-2H3;2*1H;/q;;;;;+2/p-2. The van der Waals surface area contributed by atoms with Crippen LogP contribution < -0.4 is 24.8 Å². The average molecular weight is 727 g/mol. The van der Waals surface area contributed by atoms with Crippen molar-refractivity contribution in [3.63, 3.8) is 0 Å². The van der Waals surface area contributed by atoms with Crippen molar-refractivity contribution in [1.82, 2.24) is 0 Å². The molecule has 0 heterocycles. The first kappa shape index (κ1) is 36.5. The summed E-state index contributed by atoms with van der Waals surface area (Å²) in [5, 5.41) is 0. The third kappa shape index (κ3) is 6.68. The van der Waals surface area contributed by atoms with Crippen molar-refractivity contribution in [2.24, 2.45) is 5.92 Å². The number of halogens is 2. The van der Waals surface area contributed by atoms with Crippen LogP contribution in [0, 0.1) is 12.8 Å². The van der Waals surface area contributed by atoms with Crippen LogP contribution in [0.5, 0.6) is 0 Å². The number of fused-ring (bicyclic) bond motifs is 3. The minimum atomic E-state index is -2.69. The van der Waals surface area contributed by atoms with Crippen molar-refractivity contribution in [2.45, 2.75) is 83.7 Å². The summed E-state index contributed by atoms with van der Waals surface area (Å²) in [6.07, 6.45) is 2.57. The van der Waals surface area contributed by atoms with Crippen LogP contribution in [-0.2, 0) is 32.1 Å². The number of rotatable bonds is 4. The van der Waals surface area contributed by atoms with Gasteiger partial charge in [-0.2, -0.15) is 0 Å². The van der Waals surface area contributed by atoms with E-state index in [1.165, 1.54) is 50.1 Å². The quantitative estimate of drug-likeness (QED) is 0.260. The molecule has 0 spiro atoms. The van der Waals surface area contributed by atoms with Crippen LogP contribution in [0.15, 0.2) is 106 Å². The van der Waals surface area contributed by atoms with Gasteiger partial charge in [-0.25, -0.2) is 0 Å². The van der Waals surface area contributed by atoms with E-state index in [1.54, 1.807) is 17.6 Å². The topological polar surface area (TPSA) is 0 Å². The Kier molecular flexibility index (Phi) is 10.9. The molecule has 0 saturated heterocycles. The second-order valence-corrected chi connectivity index (χ2v) is 21.8. The zero-order valence-electron chi connectivity index (χ0n) is 29.1. The molecule has 2 aliphatic rings. The van der Waals surface area contributed by atoms with Gasteiger partial charge in [-0.05, 0) is 0 Å². The molecule has 1 unspecified atom stereocenters. The number of benzene rings is 4. The first-order valence-corrected chi connectivity index (χ1v) is 20.2. The van der Waals surface area contributed by atoms with Gasteiger partial charge >= 0.3 is 276 Å². The van der Waals surface area contributed by atoms with E-state index < -0.39 is 21.3 Å². The predicted molar refractivity (Wildman–Crippen MR) is 188 cm³/mol. The molecule has 46 heavy (non-hydrogen) atoms. The molecule has 3 heteroatoms. The van der Waals surface area contributed by atoms with Crippen LogP contribution in [0.3, 0.4) is 0 Å². The summed E-state index contributed by atoms with van der Waals surface area (Å²) in [6.45, 7) is 23.7. The van der Waals surface area contributed by atoms with Gasteiger partial charge in [-0.15, -0.1) is 0 Å². The molecule has 0 nitrogen and oxygen atoms in total. The molecule has 0 amide bonds. The number of hydrogen-bond acceptors (Lipinski definition) is 0. The summed E-state index contributed by atoms with van der Waals surface area (Å²) < 4.78 is 3.85. The van der Waals surface area contributed by atoms with Gasteiger partial charge < -0.3 is 24.8 Å². The molecule has 0 aromatic heterocycles. The summed E-state index contributed by atoms with van der Waals surface area (Å²) in [5.74, 6) is 0.434. The first-order valence-electron chi connectivity index (χ1n) is 16.3. The van der Waals surface area contributed by atoms with Crippen molar-refractivity contribution < 1.29 is 46.1 Å². The molecular formula is C43H48Cl2Zr. The molecule has 6 rings (SSSR count). The van der Waals surface area contributed by atoms with Crippen molar-refractivity contribution >= 4 is 8.78 Å². The van der Waals surface area contributed by atoms with Gasteiger partial charge in [-0.3, -0.25) is 0 Å². The molecule has 0 fully saturated rings. The van der Waals surface area contributed by atoms with Crippen molar-refractivity contribution in [3.05, 3.63) is 145 Å². The van der Waals surface area contributed by atoms with Gasteiger partial charge in [0.1, 0.15) is 0 Å². The average Bonchev–Trinajstić information content (AvgIpc) is 3.46. The number of hydrogen-bond donors (Lipinski definition) is 0. The Morgan fingerprint density at radius 1 is 0.652 bits per heavy atom. The van der Waals surface area contributed by atoms with E-state index in [-0.39, 0.29) is 35.6 Å². The van der Waals surface area contributed by atoms with E-state index in [0.29, 0.717) is 9.54 Å². The van der Waals surface area contributed by atoms with Crippen LogP contribution >= 0.6 is 0 Å². The summed E-state index contributed by atoms with van der Waals surface area (Å²) in [4.78, 5) is 0. The summed E-state index contributed by atoms with van der Waals surface area (Å²) in [7, 11) is 0. The fraction of sp³-hybridized carbons (Fsp3) is 0.326. The van der Waals surface area contributed by atoms with Crippen molar-refractivity contribution in [2.75, 3.05) is 0 Å². The zero-order chi connectivity index (χ0) is 31.6. The van der Waals surface area contributed by atoms with Gasteiger partial charge in [-0.1, -0.05) is 0 Å². The molecule has 0 saturated carbocycles. The Morgan fingerprint density at radius 3 is 1.63 bits per heavy atom. The van der Waals surface area contributed by atoms with E-state index in [4.69, 9.17) is 0 Å². The van der Waals surface area contributed by atoms with Gasteiger partial charge in [0.25, 0.3) is 0 Å². The molecular weight excluding hydrogens is 679 g/mol. The maximum Gasteiger partial charge on any atom is -1.00 e. The first-order chi connectivity index (χ1) is 20.8. The number of aryl methyl sites for hydroxylation is 1. The van der Waals surface area contributed by atoms with Crippen LogP contribution in [0.1, 0.15) is 105 Å². The summed E-state index contributed by atoms with van der Waals surface area (Å²) in [6, 6.07) is 35.3. The largest absolute Gasteiger partial charge is 1.00 e. The van der Waals surface area contributed by atoms with E-state index >= 15 is 0 Å². The van der Waals surface area contributed by atoms with E-state index in [0.717, 1.165) is 0 Å². The smallest absolute Gasteiger partial charge is 1.00 e. The summed E-state index contributed by atoms with van der Waals surface area (Å²) >= 11 is -2.69. The molecule has 0 aliphatic heterocycles. The minimum absolute atomic E-state index is 0. The van der Waals surface area contributed by atoms with Crippen LogP contribution in [0.4, 0.5) is 0 Å². The van der Waals surface area contributed by atoms with Gasteiger partial charge in [0, 0.05) is 0 Å². The molecule has 0 bridgehead atoms. The van der Waals surface area contributed by atoms with Crippen molar-refractivity contribution in [1.29, 1.82) is 0 Å². The fourth-order valence-electron chi connectivity index (χ4n) is 7.36. The van der Waals surface area contributed by atoms with Crippen LogP contribution in [-0.4, -0.2) is 3.21 Å². The van der Waals surface area contributed by atoms with Gasteiger partial charge in [0.05, 0.1) is 0 Å². The van der Waals surface area contributed by atoms with E-state index in [1.807, 2.05) is 0 Å². The van der Waals surface area contributed by atoms with Gasteiger partial charge in [0.2, 0.25) is 0 Å². The molecule has 4 aromatic carbocycles. The second-order valence-electron chi connectivity index (χ2n) is 15.2. The normalized spacial score (nSPS) is 16.3. The van der Waals surface area contributed by atoms with Crippen LogP contribution in [0.2, 0.25) is 0 Å². The van der Waals surface area contributed by atoms with E-state index in [9.17, 15) is 0 Å². The molecule has 4 aromatic rings. The van der Waals surface area contributed by atoms with Crippen molar-refractivity contribution in [3.8, 4) is 11.1 Å². The Hall–Kier alpha value is -2.31. The second kappa shape index (κ2) is 13.7. The zero-order valence-corrected chi connectivity index (χ0v) is 33.1. The Balaban J connectivity index is 0.00000240. The monoisotopic (exact) mass is 724 g/mol. The number of allylic oxidation sites excluding steroid dienone is 4. The minimum Gasteiger partial charge on any atom is -1.00 e. The molecule has 238 valence electrons. The third-order valence-corrected chi connectivity index (χ3v) is 19.1. The maximum atomic E-state index is 2.60. The third-order valence-electron chi connectivity index (χ3n) is 9.98. The molecule has 0 radical (unpaired) electrons. The molecule has 2 aliphatic carbocycles. The molecule has 0 N–H and O–H groups in total. The Labute approximate surface area is 298 Å². The Morgan fingerprint density at radius 2 is 1.15 bits per heavy atom. The van der Waals surface area contributed by atoms with Gasteiger partial charge in [0.15, 0.2) is 0 Å². The predicted octanol–water partition coefficient (Wildman–Crippen LogP) is 5.53. The van der Waals surface area contributed by atoms with Crippen LogP contribution in [0.25, 0.3) is 16.7 Å². The maximum absolute atomic E-state index is 2.69. The SMILES string of the molecule is CC1=[C](/[Zr+2](=[C](/C)c2ccc(C)cc2)[CH]2c3cc(C(C)(C)C)ccc3-c3ccc(C(C)(C)C)cc32)C(C)C=C1c1ccccc1.[Cl-].[Cl-]. The van der Waals surface area contributed by atoms with E-state index in [2.05, 4.69) is 166 Å².